The molecule has 2 aromatic rings. The van der Waals surface area contributed by atoms with Crippen molar-refractivity contribution in [2.24, 2.45) is 0 Å². The predicted molar refractivity (Wildman–Crippen MR) is 109 cm³/mol. The summed E-state index contributed by atoms with van der Waals surface area (Å²) in [6.07, 6.45) is 2.30. The fraction of sp³-hybridized carbons (Fsp3) is 0.300. The lowest BCUT2D eigenvalue weighted by Crippen LogP contribution is -2.33. The fourth-order valence-electron chi connectivity index (χ4n) is 3.16. The summed E-state index contributed by atoms with van der Waals surface area (Å²) >= 11 is 1.45. The normalized spacial score (nSPS) is 15.9. The number of anilines is 2. The Morgan fingerprint density at radius 3 is 2.38 bits per heavy atom. The Labute approximate surface area is 171 Å². The number of carbonyl (C=O) groups excluding carboxylic acids is 4. The van der Waals surface area contributed by atoms with Crippen molar-refractivity contribution in [1.82, 2.24) is 10.2 Å². The van der Waals surface area contributed by atoms with Gasteiger partial charge in [-0.05, 0) is 60.0 Å². The van der Waals surface area contributed by atoms with E-state index < -0.39 is 6.03 Å². The molecule has 29 heavy (non-hydrogen) atoms. The molecule has 2 fully saturated rings. The van der Waals surface area contributed by atoms with E-state index in [0.717, 1.165) is 28.2 Å². The predicted octanol–water partition coefficient (Wildman–Crippen LogP) is 2.76. The largest absolute Gasteiger partial charge is 0.329 e. The maximum atomic E-state index is 12.5. The van der Waals surface area contributed by atoms with E-state index in [2.05, 4.69) is 16.0 Å². The number of hydrogen-bond acceptors (Lipinski definition) is 5. The third kappa shape index (κ3) is 4.45. The third-order valence-electron chi connectivity index (χ3n) is 4.85. The summed E-state index contributed by atoms with van der Waals surface area (Å²) < 4.78 is 0. The van der Waals surface area contributed by atoms with Gasteiger partial charge >= 0.3 is 6.03 Å². The molecule has 2 heterocycles. The van der Waals surface area contributed by atoms with E-state index in [1.54, 1.807) is 24.3 Å². The summed E-state index contributed by atoms with van der Waals surface area (Å²) in [6, 6.07) is 8.37. The van der Waals surface area contributed by atoms with Crippen LogP contribution in [0.3, 0.4) is 0 Å². The number of nitrogens with zero attached hydrogens (tertiary/aromatic N) is 1. The fourth-order valence-corrected chi connectivity index (χ4v) is 4.04. The summed E-state index contributed by atoms with van der Waals surface area (Å²) in [4.78, 5) is 49.3. The molecule has 150 valence electrons. The van der Waals surface area contributed by atoms with Crippen molar-refractivity contribution in [2.45, 2.75) is 25.2 Å². The minimum Gasteiger partial charge on any atom is -0.329 e. The minimum absolute atomic E-state index is 0.0139. The first-order chi connectivity index (χ1) is 14.0. The van der Waals surface area contributed by atoms with Crippen LogP contribution >= 0.6 is 11.3 Å². The van der Waals surface area contributed by atoms with Crippen LogP contribution in [0.1, 0.15) is 40.4 Å². The molecule has 1 saturated carbocycles. The van der Waals surface area contributed by atoms with Gasteiger partial charge in [0.05, 0.1) is 11.4 Å². The smallest absolute Gasteiger partial charge is 0.324 e. The average molecular weight is 412 g/mol. The van der Waals surface area contributed by atoms with Crippen LogP contribution in [0.15, 0.2) is 35.7 Å². The van der Waals surface area contributed by atoms with Gasteiger partial charge in [0.15, 0.2) is 0 Å². The topological polar surface area (TPSA) is 108 Å². The summed E-state index contributed by atoms with van der Waals surface area (Å²) in [5.41, 5.74) is 2.34. The number of amides is 5. The minimum atomic E-state index is -0.474. The first kappa shape index (κ1) is 19.1. The van der Waals surface area contributed by atoms with Crippen molar-refractivity contribution in [3.05, 3.63) is 46.2 Å². The van der Waals surface area contributed by atoms with Gasteiger partial charge in [0, 0.05) is 24.3 Å². The van der Waals surface area contributed by atoms with Gasteiger partial charge in [0.1, 0.15) is 0 Å². The van der Waals surface area contributed by atoms with Gasteiger partial charge in [-0.25, -0.2) is 4.79 Å². The van der Waals surface area contributed by atoms with Gasteiger partial charge in [0.25, 0.3) is 5.91 Å². The van der Waals surface area contributed by atoms with Crippen LogP contribution in [0.2, 0.25) is 0 Å². The molecular weight excluding hydrogens is 392 g/mol. The van der Waals surface area contributed by atoms with Gasteiger partial charge in [-0.1, -0.05) is 0 Å². The first-order valence-electron chi connectivity index (χ1n) is 9.38. The quantitative estimate of drug-likeness (QED) is 0.608. The zero-order chi connectivity index (χ0) is 20.4. The molecule has 1 aliphatic heterocycles. The Hall–Kier alpha value is -3.20. The second kappa shape index (κ2) is 8.04. The monoisotopic (exact) mass is 412 g/mol. The summed E-state index contributed by atoms with van der Waals surface area (Å²) in [7, 11) is 0. The van der Waals surface area contributed by atoms with E-state index in [-0.39, 0.29) is 37.2 Å². The SMILES string of the molecule is O=C(CCN1C(=O)CNC1=O)Nc1ccc(NC(=O)c2sccc2C2CC2)cc1. The van der Waals surface area contributed by atoms with E-state index in [0.29, 0.717) is 17.3 Å². The summed E-state index contributed by atoms with van der Waals surface area (Å²) in [5, 5.41) is 9.96. The molecule has 4 rings (SSSR count). The molecule has 0 spiro atoms. The van der Waals surface area contributed by atoms with E-state index in [4.69, 9.17) is 0 Å². The zero-order valence-electron chi connectivity index (χ0n) is 15.6. The molecule has 0 bridgehead atoms. The Morgan fingerprint density at radius 1 is 1.07 bits per heavy atom. The number of hydrogen-bond donors (Lipinski definition) is 3. The maximum Gasteiger partial charge on any atom is 0.324 e. The lowest BCUT2D eigenvalue weighted by molar-refractivity contribution is -0.125. The highest BCUT2D eigenvalue weighted by Gasteiger charge is 2.29. The number of nitrogens with one attached hydrogen (secondary N) is 3. The van der Waals surface area contributed by atoms with Gasteiger partial charge in [-0.3, -0.25) is 19.3 Å². The molecule has 9 heteroatoms. The standard InChI is InChI=1S/C20H20N4O4S/c25-16(7-9-24-17(26)11-21-20(24)28)22-13-3-5-14(6-4-13)23-19(27)18-15(8-10-29-18)12-1-2-12/h3-6,8,10,12H,1-2,7,9,11H2,(H,21,28)(H,22,25)(H,23,27). The molecule has 1 saturated heterocycles. The van der Waals surface area contributed by atoms with Crippen LogP contribution in [0.4, 0.5) is 16.2 Å². The van der Waals surface area contributed by atoms with Crippen molar-refractivity contribution in [1.29, 1.82) is 0 Å². The van der Waals surface area contributed by atoms with Gasteiger partial charge in [0.2, 0.25) is 11.8 Å². The maximum absolute atomic E-state index is 12.5. The van der Waals surface area contributed by atoms with E-state index in [1.807, 2.05) is 11.4 Å². The lowest BCUT2D eigenvalue weighted by Gasteiger charge is -2.12. The highest BCUT2D eigenvalue weighted by atomic mass is 32.1. The number of carbonyl (C=O) groups is 4. The molecule has 0 unspecified atom stereocenters. The van der Waals surface area contributed by atoms with Crippen molar-refractivity contribution in [2.75, 3.05) is 23.7 Å². The molecular formula is C20H20N4O4S. The Balaban J connectivity index is 1.29. The van der Waals surface area contributed by atoms with E-state index >= 15 is 0 Å². The summed E-state index contributed by atoms with van der Waals surface area (Å²) in [6.45, 7) is 0.00996. The van der Waals surface area contributed by atoms with Crippen LogP contribution in [0.25, 0.3) is 0 Å². The van der Waals surface area contributed by atoms with Crippen LogP contribution in [-0.2, 0) is 9.59 Å². The van der Waals surface area contributed by atoms with E-state index in [9.17, 15) is 19.2 Å². The Kier molecular flexibility index (Phi) is 5.30. The second-order valence-corrected chi connectivity index (χ2v) is 7.93. The number of thiophene rings is 1. The number of benzene rings is 1. The third-order valence-corrected chi connectivity index (χ3v) is 5.77. The van der Waals surface area contributed by atoms with Gasteiger partial charge < -0.3 is 16.0 Å². The Morgan fingerprint density at radius 2 is 1.76 bits per heavy atom. The molecule has 1 aromatic heterocycles. The van der Waals surface area contributed by atoms with Crippen molar-refractivity contribution < 1.29 is 19.2 Å². The van der Waals surface area contributed by atoms with Crippen molar-refractivity contribution >= 4 is 46.5 Å². The number of rotatable bonds is 7. The van der Waals surface area contributed by atoms with Crippen LogP contribution in [0.5, 0.6) is 0 Å². The molecule has 0 atom stereocenters. The van der Waals surface area contributed by atoms with Gasteiger partial charge in [-0.2, -0.15) is 0 Å². The molecule has 1 aliphatic carbocycles. The van der Waals surface area contributed by atoms with Gasteiger partial charge in [-0.15, -0.1) is 11.3 Å². The van der Waals surface area contributed by atoms with E-state index in [1.165, 1.54) is 11.3 Å². The highest BCUT2D eigenvalue weighted by molar-refractivity contribution is 7.12. The number of urea groups is 1. The Bertz CT molecular complexity index is 949. The molecule has 0 radical (unpaired) electrons. The van der Waals surface area contributed by atoms with Crippen molar-refractivity contribution in [3.63, 3.8) is 0 Å². The average Bonchev–Trinajstić information content (AvgIpc) is 3.34. The molecule has 5 amide bonds. The molecule has 8 nitrogen and oxygen atoms in total. The molecule has 2 aliphatic rings. The van der Waals surface area contributed by atoms with Crippen LogP contribution in [-0.4, -0.2) is 41.7 Å². The first-order valence-corrected chi connectivity index (χ1v) is 10.3. The highest BCUT2D eigenvalue weighted by Crippen LogP contribution is 2.43. The van der Waals surface area contributed by atoms with Crippen molar-refractivity contribution in [3.8, 4) is 0 Å². The van der Waals surface area contributed by atoms with Crippen LogP contribution < -0.4 is 16.0 Å². The second-order valence-electron chi connectivity index (χ2n) is 7.01. The number of imide groups is 1. The molecule has 1 aromatic carbocycles. The molecule has 3 N–H and O–H groups in total. The van der Waals surface area contributed by atoms with Crippen LogP contribution in [0, 0.1) is 0 Å². The lowest BCUT2D eigenvalue weighted by atomic mass is 10.1. The zero-order valence-corrected chi connectivity index (χ0v) is 16.4. The summed E-state index contributed by atoms with van der Waals surface area (Å²) in [5.74, 6) is -0.241.